The van der Waals surface area contributed by atoms with Crippen LogP contribution in [0.25, 0.3) is 0 Å². The van der Waals surface area contributed by atoms with Crippen LogP contribution in [0.4, 0.5) is 0 Å². The maximum atomic E-state index is 11.6. The Morgan fingerprint density at radius 3 is 2.76 bits per heavy atom. The van der Waals surface area contributed by atoms with Gasteiger partial charge in [-0.25, -0.2) is 0 Å². The second-order valence-electron chi connectivity index (χ2n) is 4.65. The van der Waals surface area contributed by atoms with Crippen molar-refractivity contribution in [3.63, 3.8) is 0 Å². The highest BCUT2D eigenvalue weighted by Crippen LogP contribution is 2.12. The van der Waals surface area contributed by atoms with E-state index in [0.717, 1.165) is 12.8 Å². The van der Waals surface area contributed by atoms with Gasteiger partial charge in [0.25, 0.3) is 0 Å². The van der Waals surface area contributed by atoms with Crippen molar-refractivity contribution < 1.29 is 14.3 Å². The van der Waals surface area contributed by atoms with Crippen molar-refractivity contribution in [3.8, 4) is 0 Å². The third-order valence-corrected chi connectivity index (χ3v) is 3.07. The number of carbonyl (C=O) groups excluding carboxylic acids is 1. The monoisotopic (exact) mass is 244 g/mol. The maximum Gasteiger partial charge on any atom is 0.246 e. The molecule has 1 fully saturated rings. The number of methoxy groups -OCH3 is 1. The maximum absolute atomic E-state index is 11.6. The second-order valence-corrected chi connectivity index (χ2v) is 4.65. The number of rotatable bonds is 6. The molecule has 1 aliphatic heterocycles. The Morgan fingerprint density at radius 2 is 2.12 bits per heavy atom. The lowest BCUT2D eigenvalue weighted by atomic mass is 9.95. The Bertz CT molecular complexity index is 236. The molecule has 1 rings (SSSR count). The van der Waals surface area contributed by atoms with Crippen molar-refractivity contribution in [2.75, 3.05) is 26.9 Å². The first kappa shape index (κ1) is 14.4. The minimum atomic E-state index is -0.0469. The van der Waals surface area contributed by atoms with E-state index in [1.807, 2.05) is 0 Å². The summed E-state index contributed by atoms with van der Waals surface area (Å²) in [6.07, 6.45) is 2.12. The van der Waals surface area contributed by atoms with Gasteiger partial charge in [-0.05, 0) is 26.7 Å². The van der Waals surface area contributed by atoms with Crippen molar-refractivity contribution in [1.29, 1.82) is 0 Å². The number of nitrogens with one attached hydrogen (secondary N) is 2. The Balaban J connectivity index is 2.17. The van der Waals surface area contributed by atoms with Gasteiger partial charge in [0.1, 0.15) is 6.61 Å². The summed E-state index contributed by atoms with van der Waals surface area (Å²) >= 11 is 0. The van der Waals surface area contributed by atoms with Crippen molar-refractivity contribution in [3.05, 3.63) is 0 Å². The first-order valence-corrected chi connectivity index (χ1v) is 6.25. The van der Waals surface area contributed by atoms with Crippen LogP contribution in [0.1, 0.15) is 26.7 Å². The lowest BCUT2D eigenvalue weighted by molar-refractivity contribution is -0.127. The van der Waals surface area contributed by atoms with Crippen LogP contribution in [0, 0.1) is 0 Å². The molecule has 17 heavy (non-hydrogen) atoms. The van der Waals surface area contributed by atoms with E-state index < -0.39 is 0 Å². The summed E-state index contributed by atoms with van der Waals surface area (Å²) in [6.45, 7) is 5.36. The van der Waals surface area contributed by atoms with Crippen molar-refractivity contribution >= 4 is 5.91 Å². The van der Waals surface area contributed by atoms with Gasteiger partial charge in [-0.15, -0.1) is 0 Å². The van der Waals surface area contributed by atoms with E-state index in [1.165, 1.54) is 0 Å². The first-order chi connectivity index (χ1) is 8.13. The van der Waals surface area contributed by atoms with Gasteiger partial charge in [0.05, 0.1) is 13.2 Å². The van der Waals surface area contributed by atoms with Crippen LogP contribution < -0.4 is 10.6 Å². The number of hydrogen-bond donors (Lipinski definition) is 2. The number of hydrogen-bond acceptors (Lipinski definition) is 4. The van der Waals surface area contributed by atoms with Crippen LogP contribution in [0.5, 0.6) is 0 Å². The summed E-state index contributed by atoms with van der Waals surface area (Å²) in [6, 6.07) is 1.07. The average molecular weight is 244 g/mol. The van der Waals surface area contributed by atoms with Gasteiger partial charge in [-0.3, -0.25) is 4.79 Å². The minimum absolute atomic E-state index is 0.0469. The normalized spacial score (nSPS) is 29.0. The summed E-state index contributed by atoms with van der Waals surface area (Å²) in [5.41, 5.74) is 0. The SMILES string of the molecule is COCCOCC(=O)NC1CCC(C)NC1C. The third-order valence-electron chi connectivity index (χ3n) is 3.07. The molecule has 0 radical (unpaired) electrons. The predicted octanol–water partition coefficient (Wildman–Crippen LogP) is 0.295. The molecule has 0 aromatic rings. The molecule has 0 aliphatic carbocycles. The van der Waals surface area contributed by atoms with E-state index in [1.54, 1.807) is 7.11 Å². The largest absolute Gasteiger partial charge is 0.382 e. The Kier molecular flexibility index (Phi) is 6.47. The molecule has 5 heteroatoms. The molecule has 0 spiro atoms. The topological polar surface area (TPSA) is 59.6 Å². The summed E-state index contributed by atoms with van der Waals surface area (Å²) in [7, 11) is 1.61. The van der Waals surface area contributed by atoms with Gasteiger partial charge in [-0.2, -0.15) is 0 Å². The number of ether oxygens (including phenoxy) is 2. The summed E-state index contributed by atoms with van der Waals surface area (Å²) in [5.74, 6) is -0.0469. The molecular formula is C12H24N2O3. The van der Waals surface area contributed by atoms with Crippen LogP contribution in [-0.4, -0.2) is 51.0 Å². The quantitative estimate of drug-likeness (QED) is 0.660. The molecule has 100 valence electrons. The van der Waals surface area contributed by atoms with Crippen molar-refractivity contribution in [1.82, 2.24) is 10.6 Å². The number of piperidine rings is 1. The third kappa shape index (κ3) is 5.48. The van der Waals surface area contributed by atoms with Crippen molar-refractivity contribution in [2.45, 2.75) is 44.8 Å². The highest BCUT2D eigenvalue weighted by atomic mass is 16.5. The molecule has 1 aliphatic rings. The molecule has 3 unspecified atom stereocenters. The molecule has 1 heterocycles. The molecular weight excluding hydrogens is 220 g/mol. The van der Waals surface area contributed by atoms with Gasteiger partial charge < -0.3 is 20.1 Å². The molecule has 1 saturated heterocycles. The van der Waals surface area contributed by atoms with Gasteiger partial charge >= 0.3 is 0 Å². The fourth-order valence-corrected chi connectivity index (χ4v) is 2.08. The summed E-state index contributed by atoms with van der Waals surface area (Å²) < 4.78 is 10.0. The van der Waals surface area contributed by atoms with Gasteiger partial charge in [0.15, 0.2) is 0 Å². The van der Waals surface area contributed by atoms with Crippen LogP contribution in [0.2, 0.25) is 0 Å². The van der Waals surface area contributed by atoms with Gasteiger partial charge in [0, 0.05) is 25.2 Å². The average Bonchev–Trinajstić information content (AvgIpc) is 2.28. The minimum Gasteiger partial charge on any atom is -0.382 e. The molecule has 2 N–H and O–H groups in total. The zero-order valence-electron chi connectivity index (χ0n) is 11.0. The molecule has 1 amide bonds. The first-order valence-electron chi connectivity index (χ1n) is 6.25. The standard InChI is InChI=1S/C12H24N2O3/c1-9-4-5-11(10(2)13-9)14-12(15)8-17-7-6-16-3/h9-11,13H,4-8H2,1-3H3,(H,14,15). The Morgan fingerprint density at radius 1 is 1.35 bits per heavy atom. The number of amides is 1. The molecule has 0 aromatic heterocycles. The van der Waals surface area contributed by atoms with Crippen LogP contribution in [-0.2, 0) is 14.3 Å². The highest BCUT2D eigenvalue weighted by molar-refractivity contribution is 5.77. The van der Waals surface area contributed by atoms with E-state index in [4.69, 9.17) is 9.47 Å². The fourth-order valence-electron chi connectivity index (χ4n) is 2.08. The number of carbonyl (C=O) groups is 1. The molecule has 0 bridgehead atoms. The lowest BCUT2D eigenvalue weighted by Gasteiger charge is -2.34. The van der Waals surface area contributed by atoms with Crippen LogP contribution in [0.3, 0.4) is 0 Å². The molecule has 5 nitrogen and oxygen atoms in total. The second kappa shape index (κ2) is 7.63. The molecule has 0 saturated carbocycles. The van der Waals surface area contributed by atoms with Gasteiger partial charge in [-0.1, -0.05) is 0 Å². The van der Waals surface area contributed by atoms with Crippen LogP contribution >= 0.6 is 0 Å². The van der Waals surface area contributed by atoms with E-state index in [9.17, 15) is 4.79 Å². The highest BCUT2D eigenvalue weighted by Gasteiger charge is 2.25. The molecule has 3 atom stereocenters. The van der Waals surface area contributed by atoms with Gasteiger partial charge in [0.2, 0.25) is 5.91 Å². The van der Waals surface area contributed by atoms with E-state index >= 15 is 0 Å². The zero-order chi connectivity index (χ0) is 12.7. The predicted molar refractivity (Wildman–Crippen MR) is 65.9 cm³/mol. The van der Waals surface area contributed by atoms with Crippen LogP contribution in [0.15, 0.2) is 0 Å². The van der Waals surface area contributed by atoms with Crippen molar-refractivity contribution in [2.24, 2.45) is 0 Å². The Hall–Kier alpha value is -0.650. The summed E-state index contributed by atoms with van der Waals surface area (Å²) in [4.78, 5) is 11.6. The van der Waals surface area contributed by atoms with E-state index in [0.29, 0.717) is 25.3 Å². The smallest absolute Gasteiger partial charge is 0.246 e. The van der Waals surface area contributed by atoms with E-state index in [2.05, 4.69) is 24.5 Å². The Labute approximate surface area is 103 Å². The molecule has 0 aromatic carbocycles. The zero-order valence-corrected chi connectivity index (χ0v) is 11.0. The summed E-state index contributed by atoms with van der Waals surface area (Å²) in [5, 5.41) is 6.43. The fraction of sp³-hybridized carbons (Fsp3) is 0.917. The van der Waals surface area contributed by atoms with E-state index in [-0.39, 0.29) is 18.6 Å². The lowest BCUT2D eigenvalue weighted by Crippen LogP contribution is -2.55.